The van der Waals surface area contributed by atoms with Crippen molar-refractivity contribution >= 4 is 46.4 Å². The fraction of sp³-hybridized carbons (Fsp3) is 0.755. The number of hydrogen-bond acceptors (Lipinski definition) is 14. The number of carbonyl (C=O) groups is 5. The topological polar surface area (TPSA) is 202 Å². The van der Waals surface area contributed by atoms with Gasteiger partial charge in [-0.2, -0.15) is 0 Å². The average Bonchev–Trinajstić information content (AvgIpc) is 3.29. The summed E-state index contributed by atoms with van der Waals surface area (Å²) in [5, 5.41) is 30.1. The summed E-state index contributed by atoms with van der Waals surface area (Å²) in [6.45, 7) is 27.8. The van der Waals surface area contributed by atoms with Crippen molar-refractivity contribution in [2.75, 3.05) is 6.61 Å². The molecule has 3 N–H and O–H groups in total. The Kier molecular flexibility index (Phi) is 16.0. The SMILES string of the molecule is CC[Si](CC)(CC)OC(C(=O)O[C@H]1C[C@]2(O)[C@]3(C)C[C@@]2(OC(=O)c2ccccc2)[C@@H]2[C@]4(OC(C)=O)CO[C@@H]4CC(O[Si](CC)(CC)CC)[C@@]2(C)C(=O)[C@H](O)C3=C1C)[C@H](CC(C)C)NC(=O)OC(C)(C)C. The van der Waals surface area contributed by atoms with Gasteiger partial charge in [-0.15, -0.1) is 0 Å². The molecule has 1 aromatic carbocycles. The van der Waals surface area contributed by atoms with E-state index in [9.17, 15) is 24.6 Å². The number of hydrogen-bond donors (Lipinski definition) is 3. The van der Waals surface area contributed by atoms with E-state index in [1.165, 1.54) is 6.92 Å². The highest BCUT2D eigenvalue weighted by atomic mass is 28.4. The van der Waals surface area contributed by atoms with Crippen LogP contribution in [-0.4, -0.2) is 122 Å². The number of esters is 3. The summed E-state index contributed by atoms with van der Waals surface area (Å²) in [4.78, 5) is 73.1. The number of aliphatic hydroxyl groups is 2. The lowest BCUT2D eigenvalue weighted by molar-refractivity contribution is -0.402. The van der Waals surface area contributed by atoms with Gasteiger partial charge in [-0.1, -0.05) is 80.5 Å². The van der Waals surface area contributed by atoms with Crippen LogP contribution in [0.15, 0.2) is 41.5 Å². The molecule has 1 aliphatic heterocycles. The largest absolute Gasteiger partial charge is 0.456 e. The van der Waals surface area contributed by atoms with Crippen LogP contribution in [0.4, 0.5) is 4.79 Å². The van der Waals surface area contributed by atoms with Crippen LogP contribution in [-0.2, 0) is 46.9 Å². The number of nitrogens with one attached hydrogen (secondary N) is 1. The molecule has 15 nitrogen and oxygen atoms in total. The smallest absolute Gasteiger partial charge is 0.407 e. The molecular formula is C53H83NO14Si2. The van der Waals surface area contributed by atoms with Gasteiger partial charge in [0.15, 0.2) is 39.7 Å². The molecule has 12 atom stereocenters. The van der Waals surface area contributed by atoms with E-state index in [1.807, 2.05) is 34.6 Å². The van der Waals surface area contributed by atoms with Crippen LogP contribution >= 0.6 is 0 Å². The van der Waals surface area contributed by atoms with Crippen LogP contribution in [0.2, 0.25) is 36.3 Å². The van der Waals surface area contributed by atoms with Crippen molar-refractivity contribution in [1.29, 1.82) is 0 Å². The van der Waals surface area contributed by atoms with Gasteiger partial charge in [0.05, 0.1) is 35.6 Å². The Bertz CT molecular complexity index is 2160. The van der Waals surface area contributed by atoms with Crippen LogP contribution in [0, 0.1) is 22.7 Å². The van der Waals surface area contributed by atoms with Gasteiger partial charge in [-0.25, -0.2) is 14.4 Å². The fourth-order valence-corrected chi connectivity index (χ4v) is 19.2. The minimum absolute atomic E-state index is 0.0145. The first-order valence-corrected chi connectivity index (χ1v) is 31.0. The lowest BCUT2D eigenvalue weighted by Crippen LogP contribution is -2.91. The molecule has 0 aromatic heterocycles. The second-order valence-corrected chi connectivity index (χ2v) is 32.3. The highest BCUT2D eigenvalue weighted by Gasteiger charge is 2.89. The molecule has 6 aliphatic rings. The molecule has 0 radical (unpaired) electrons. The minimum atomic E-state index is -2.64. The molecule has 1 saturated heterocycles. The molecule has 5 fully saturated rings. The summed E-state index contributed by atoms with van der Waals surface area (Å²) in [7, 11) is -5.21. The third-order valence-corrected chi connectivity index (χ3v) is 26.8. The molecule has 4 saturated carbocycles. The molecule has 1 aromatic rings. The Hall–Kier alpha value is -3.46. The zero-order valence-electron chi connectivity index (χ0n) is 44.6. The summed E-state index contributed by atoms with van der Waals surface area (Å²) >= 11 is 0. The number of fused-ring (bicyclic) bond motifs is 2. The zero-order valence-corrected chi connectivity index (χ0v) is 46.6. The Morgan fingerprint density at radius 1 is 0.914 bits per heavy atom. The van der Waals surface area contributed by atoms with Gasteiger partial charge in [-0.05, 0) is 107 Å². The summed E-state index contributed by atoms with van der Waals surface area (Å²) < 4.78 is 46.3. The molecule has 0 spiro atoms. The average molecular weight is 1010 g/mol. The molecular weight excluding hydrogens is 931 g/mol. The maximum atomic E-state index is 16.0. The van der Waals surface area contributed by atoms with Crippen molar-refractivity contribution in [1.82, 2.24) is 5.32 Å². The lowest BCUT2D eigenvalue weighted by Gasteiger charge is -2.78. The number of aliphatic hydroxyl groups excluding tert-OH is 1. The maximum absolute atomic E-state index is 16.0. The van der Waals surface area contributed by atoms with Crippen LogP contribution in [0.5, 0.6) is 0 Å². The second kappa shape index (κ2) is 20.1. The fourth-order valence-electron chi connectivity index (χ4n) is 13.4. The standard InChI is InChI=1S/C53H83NO14Si2/c1-16-69(17-2,18-3)67-38-28-39-51(31-62-39,64-34(10)55)46-50(38,15)43(57)41(56)40-33(9)37(29-53(61)49(40,14)30-52(46,53)65-44(58)35-25-23-22-24-26-35)63-45(59)42(68-70(19-4,20-5)21-6)36(27-32(7)8)54-47(60)66-48(11,12)13/h22-26,32,36-39,41-42,46,56,61H,16-21,27-31H2,1-15H3,(H,54,60)/t36-,37-,38?,39+,41+,42?,46-,49+,50-,51-,52+,53-/m0/s1. The Labute approximate surface area is 418 Å². The Morgan fingerprint density at radius 2 is 1.50 bits per heavy atom. The second-order valence-electron chi connectivity index (χ2n) is 22.8. The number of carbonyl (C=O) groups excluding carboxylic acids is 5. The van der Waals surface area contributed by atoms with Gasteiger partial charge < -0.3 is 48.1 Å². The molecule has 1 heterocycles. The van der Waals surface area contributed by atoms with Gasteiger partial charge in [0, 0.05) is 31.6 Å². The summed E-state index contributed by atoms with van der Waals surface area (Å²) in [6, 6.07) is 11.7. The first kappa shape index (κ1) is 55.9. The molecule has 4 bridgehead atoms. The number of rotatable bonds is 19. The van der Waals surface area contributed by atoms with E-state index in [4.69, 9.17) is 32.5 Å². The van der Waals surface area contributed by atoms with Crippen LogP contribution in [0.1, 0.15) is 140 Å². The number of amides is 1. The number of ketones is 1. The number of ether oxygens (including phenoxy) is 5. The van der Waals surface area contributed by atoms with Gasteiger partial charge in [0.25, 0.3) is 0 Å². The van der Waals surface area contributed by atoms with E-state index < -0.39 is 122 Å². The predicted molar refractivity (Wildman–Crippen MR) is 268 cm³/mol. The monoisotopic (exact) mass is 1010 g/mol. The van der Waals surface area contributed by atoms with Crippen molar-refractivity contribution in [2.24, 2.45) is 22.7 Å². The first-order valence-electron chi connectivity index (χ1n) is 25.9. The van der Waals surface area contributed by atoms with Gasteiger partial charge in [0.1, 0.15) is 29.5 Å². The molecule has 70 heavy (non-hydrogen) atoms. The van der Waals surface area contributed by atoms with E-state index in [0.717, 1.165) is 18.1 Å². The molecule has 7 rings (SSSR count). The van der Waals surface area contributed by atoms with Crippen molar-refractivity contribution in [3.63, 3.8) is 0 Å². The normalized spacial score (nSPS) is 33.5. The van der Waals surface area contributed by atoms with E-state index in [2.05, 4.69) is 26.1 Å². The van der Waals surface area contributed by atoms with E-state index in [0.29, 0.717) is 30.1 Å². The highest BCUT2D eigenvalue weighted by molar-refractivity contribution is 6.74. The summed E-state index contributed by atoms with van der Waals surface area (Å²) in [5.74, 6) is -4.26. The Morgan fingerprint density at radius 3 is 2.00 bits per heavy atom. The van der Waals surface area contributed by atoms with Crippen molar-refractivity contribution in [3.8, 4) is 0 Å². The molecule has 392 valence electrons. The summed E-state index contributed by atoms with van der Waals surface area (Å²) in [5.41, 5.74) is -9.15. The van der Waals surface area contributed by atoms with E-state index in [1.54, 1.807) is 71.9 Å². The van der Waals surface area contributed by atoms with Crippen molar-refractivity contribution < 1.29 is 66.7 Å². The van der Waals surface area contributed by atoms with Gasteiger partial charge >= 0.3 is 24.0 Å². The number of benzene rings is 1. The van der Waals surface area contributed by atoms with E-state index in [-0.39, 0.29) is 42.9 Å². The lowest BCUT2D eigenvalue weighted by atomic mass is 9.31. The third kappa shape index (κ3) is 9.17. The van der Waals surface area contributed by atoms with Crippen LogP contribution in [0.3, 0.4) is 0 Å². The van der Waals surface area contributed by atoms with Crippen molar-refractivity contribution in [3.05, 3.63) is 47.0 Å². The first-order chi connectivity index (χ1) is 32.6. The molecule has 1 amide bonds. The minimum Gasteiger partial charge on any atom is -0.456 e. The molecule has 2 unspecified atom stereocenters. The predicted octanol–water partition coefficient (Wildman–Crippen LogP) is 8.75. The molecule has 17 heteroatoms. The van der Waals surface area contributed by atoms with E-state index >= 15 is 9.59 Å². The van der Waals surface area contributed by atoms with Crippen LogP contribution in [0.25, 0.3) is 0 Å². The quantitative estimate of drug-likeness (QED) is 0.0514. The maximum Gasteiger partial charge on any atom is 0.407 e. The zero-order chi connectivity index (χ0) is 52.2. The third-order valence-electron chi connectivity index (χ3n) is 17.5. The molecule has 5 aliphatic carbocycles. The van der Waals surface area contributed by atoms with Gasteiger partial charge in [-0.3, -0.25) is 9.59 Å². The number of Topliss-reactive ketones (excluding diaryl/α,β-unsaturated/α-hetero) is 1. The van der Waals surface area contributed by atoms with Gasteiger partial charge in [0.2, 0.25) is 0 Å². The Balaban J connectivity index is 1.59. The number of alkyl carbamates (subject to hydrolysis) is 1. The highest BCUT2D eigenvalue weighted by Crippen LogP contribution is 2.77. The van der Waals surface area contributed by atoms with Crippen LogP contribution < -0.4 is 5.32 Å². The summed E-state index contributed by atoms with van der Waals surface area (Å²) in [6.07, 6.45) is -6.92. The van der Waals surface area contributed by atoms with Crippen molar-refractivity contribution in [2.45, 2.75) is 225 Å².